The molecule has 24 heavy (non-hydrogen) atoms. The topological polar surface area (TPSA) is 52.0 Å². The quantitative estimate of drug-likeness (QED) is 0.802. The number of hydrogen-bond acceptors (Lipinski definition) is 4. The number of fused-ring (bicyclic) bond motifs is 1. The van der Waals surface area contributed by atoms with E-state index >= 15 is 0 Å². The summed E-state index contributed by atoms with van der Waals surface area (Å²) in [4.78, 5) is 4.26. The number of nitrogens with one attached hydrogen (secondary N) is 1. The van der Waals surface area contributed by atoms with Crippen molar-refractivity contribution in [2.75, 3.05) is 12.4 Å². The molecule has 5 nitrogen and oxygen atoms in total. The van der Waals surface area contributed by atoms with Crippen LogP contribution in [-0.4, -0.2) is 21.9 Å². The van der Waals surface area contributed by atoms with Crippen molar-refractivity contribution in [1.29, 1.82) is 0 Å². The molecule has 1 aliphatic heterocycles. The van der Waals surface area contributed by atoms with Crippen molar-refractivity contribution < 1.29 is 9.13 Å². The Morgan fingerprint density at radius 1 is 1.08 bits per heavy atom. The smallest absolute Gasteiger partial charge is 0.226 e. The first-order valence-corrected chi connectivity index (χ1v) is 7.53. The lowest BCUT2D eigenvalue weighted by Gasteiger charge is -2.24. The van der Waals surface area contributed by atoms with Gasteiger partial charge in [-0.25, -0.2) is 9.07 Å². The fraction of sp³-hybridized carbons (Fsp3) is 0.111. The molecule has 3 aromatic rings. The zero-order valence-electron chi connectivity index (χ0n) is 13.0. The number of hydrogen-bond donors (Lipinski definition) is 1. The van der Waals surface area contributed by atoms with E-state index in [1.807, 2.05) is 24.3 Å². The molecule has 0 spiro atoms. The lowest BCUT2D eigenvalue weighted by atomic mass is 10.0. The summed E-state index contributed by atoms with van der Waals surface area (Å²) in [7, 11) is 1.64. The number of aromatic nitrogens is 3. The van der Waals surface area contributed by atoms with Gasteiger partial charge in [0.15, 0.2) is 0 Å². The molecule has 0 amide bonds. The van der Waals surface area contributed by atoms with Crippen molar-refractivity contribution in [2.45, 2.75) is 6.04 Å². The van der Waals surface area contributed by atoms with Crippen molar-refractivity contribution in [2.24, 2.45) is 0 Å². The van der Waals surface area contributed by atoms with Gasteiger partial charge in [-0.2, -0.15) is 10.1 Å². The largest absolute Gasteiger partial charge is 0.497 e. The Kier molecular flexibility index (Phi) is 3.49. The van der Waals surface area contributed by atoms with Crippen molar-refractivity contribution in [1.82, 2.24) is 14.8 Å². The zero-order chi connectivity index (χ0) is 16.5. The fourth-order valence-corrected chi connectivity index (χ4v) is 2.77. The van der Waals surface area contributed by atoms with Crippen LogP contribution in [0.5, 0.6) is 5.75 Å². The average Bonchev–Trinajstić information content (AvgIpc) is 3.10. The highest BCUT2D eigenvalue weighted by Crippen LogP contribution is 2.32. The van der Waals surface area contributed by atoms with E-state index in [0.29, 0.717) is 5.95 Å². The van der Waals surface area contributed by atoms with Crippen LogP contribution >= 0.6 is 0 Å². The van der Waals surface area contributed by atoms with E-state index in [9.17, 15) is 4.39 Å². The molecule has 1 aliphatic rings. The predicted octanol–water partition coefficient (Wildman–Crippen LogP) is 3.48. The van der Waals surface area contributed by atoms with E-state index in [1.54, 1.807) is 23.9 Å². The Labute approximate surface area is 138 Å². The van der Waals surface area contributed by atoms with E-state index < -0.39 is 0 Å². The maximum Gasteiger partial charge on any atom is 0.226 e. The summed E-state index contributed by atoms with van der Waals surface area (Å²) in [5.41, 5.74) is 2.88. The van der Waals surface area contributed by atoms with Crippen LogP contribution in [-0.2, 0) is 0 Å². The molecule has 120 valence electrons. The first-order chi connectivity index (χ1) is 11.7. The average molecular weight is 322 g/mol. The number of ether oxygens (including phenoxy) is 1. The molecule has 0 bridgehead atoms. The Balaban J connectivity index is 1.76. The van der Waals surface area contributed by atoms with Gasteiger partial charge in [-0.05, 0) is 53.6 Å². The van der Waals surface area contributed by atoms with Crippen molar-refractivity contribution in [3.63, 3.8) is 0 Å². The molecule has 1 atom stereocenters. The lowest BCUT2D eigenvalue weighted by Crippen LogP contribution is -2.20. The number of allylic oxidation sites excluding steroid dienone is 1. The van der Waals surface area contributed by atoms with Crippen molar-refractivity contribution >= 4 is 11.6 Å². The Hall–Kier alpha value is -3.15. The standard InChI is InChI=1S/C18H15FN4O/c1-24-15-8-4-12(5-9-15)16-10-17(13-2-6-14(19)7-3-13)23-18(22-16)20-11-21-23/h2-11,17H,1H3,(H,20,21,22). The molecule has 0 radical (unpaired) electrons. The van der Waals surface area contributed by atoms with Crippen LogP contribution in [0.1, 0.15) is 17.2 Å². The highest BCUT2D eigenvalue weighted by atomic mass is 19.1. The van der Waals surface area contributed by atoms with E-state index in [4.69, 9.17) is 4.74 Å². The normalized spacial score (nSPS) is 16.1. The monoisotopic (exact) mass is 322 g/mol. The molecular weight excluding hydrogens is 307 g/mol. The summed E-state index contributed by atoms with van der Waals surface area (Å²) >= 11 is 0. The van der Waals surface area contributed by atoms with E-state index in [0.717, 1.165) is 22.6 Å². The second kappa shape index (κ2) is 5.81. The predicted molar refractivity (Wildman–Crippen MR) is 89.2 cm³/mol. The second-order valence-electron chi connectivity index (χ2n) is 5.46. The Bertz CT molecular complexity index is 884. The summed E-state index contributed by atoms with van der Waals surface area (Å²) < 4.78 is 20.2. The fourth-order valence-electron chi connectivity index (χ4n) is 2.77. The number of rotatable bonds is 3. The third kappa shape index (κ3) is 2.52. The van der Waals surface area contributed by atoms with Crippen LogP contribution in [0.2, 0.25) is 0 Å². The van der Waals surface area contributed by atoms with Crippen LogP contribution in [0.4, 0.5) is 10.3 Å². The molecule has 2 heterocycles. The number of anilines is 1. The molecule has 0 fully saturated rings. The lowest BCUT2D eigenvalue weighted by molar-refractivity contribution is 0.415. The van der Waals surface area contributed by atoms with Crippen LogP contribution in [0.3, 0.4) is 0 Å². The Morgan fingerprint density at radius 3 is 2.54 bits per heavy atom. The van der Waals surface area contributed by atoms with Gasteiger partial charge in [-0.15, -0.1) is 0 Å². The minimum Gasteiger partial charge on any atom is -0.497 e. The highest BCUT2D eigenvalue weighted by molar-refractivity contribution is 5.77. The maximum absolute atomic E-state index is 13.2. The first-order valence-electron chi connectivity index (χ1n) is 7.53. The summed E-state index contributed by atoms with van der Waals surface area (Å²) in [5, 5.41) is 7.55. The van der Waals surface area contributed by atoms with Crippen LogP contribution in [0.25, 0.3) is 5.70 Å². The molecule has 2 aromatic carbocycles. The van der Waals surface area contributed by atoms with Crippen molar-refractivity contribution in [3.8, 4) is 5.75 Å². The third-order valence-corrected chi connectivity index (χ3v) is 4.02. The van der Waals surface area contributed by atoms with E-state index in [1.165, 1.54) is 18.5 Å². The number of nitrogens with zero attached hydrogens (tertiary/aromatic N) is 3. The van der Waals surface area contributed by atoms with E-state index in [2.05, 4.69) is 21.5 Å². The zero-order valence-corrected chi connectivity index (χ0v) is 13.0. The van der Waals surface area contributed by atoms with Gasteiger partial charge >= 0.3 is 0 Å². The number of benzene rings is 2. The number of methoxy groups -OCH3 is 1. The highest BCUT2D eigenvalue weighted by Gasteiger charge is 2.23. The summed E-state index contributed by atoms with van der Waals surface area (Å²) in [6.45, 7) is 0. The molecule has 6 heteroatoms. The minimum absolute atomic E-state index is 0.151. The van der Waals surface area contributed by atoms with Gasteiger partial charge in [0.05, 0.1) is 7.11 Å². The summed E-state index contributed by atoms with van der Waals surface area (Å²) in [6, 6.07) is 14.0. The Morgan fingerprint density at radius 2 is 1.83 bits per heavy atom. The van der Waals surface area contributed by atoms with Crippen molar-refractivity contribution in [3.05, 3.63) is 77.9 Å². The molecule has 0 saturated heterocycles. The number of halogens is 1. The summed E-state index contributed by atoms with van der Waals surface area (Å²) in [6.07, 6.45) is 3.56. The molecule has 1 unspecified atom stereocenters. The van der Waals surface area contributed by atoms with Gasteiger partial charge in [0, 0.05) is 5.70 Å². The van der Waals surface area contributed by atoms with Gasteiger partial charge in [0.1, 0.15) is 23.9 Å². The maximum atomic E-state index is 13.2. The van der Waals surface area contributed by atoms with Crippen LogP contribution < -0.4 is 10.1 Å². The van der Waals surface area contributed by atoms with Crippen LogP contribution in [0.15, 0.2) is 60.9 Å². The molecule has 0 aliphatic carbocycles. The minimum atomic E-state index is -0.258. The van der Waals surface area contributed by atoms with Gasteiger partial charge in [-0.3, -0.25) is 0 Å². The van der Waals surface area contributed by atoms with Gasteiger partial charge in [0.25, 0.3) is 0 Å². The molecule has 1 aromatic heterocycles. The van der Waals surface area contributed by atoms with Crippen LogP contribution in [0, 0.1) is 5.82 Å². The van der Waals surface area contributed by atoms with Gasteiger partial charge in [-0.1, -0.05) is 12.1 Å². The SMILES string of the molecule is COc1ccc(C2=CC(c3ccc(F)cc3)n3ncnc3N2)cc1. The van der Waals surface area contributed by atoms with Gasteiger partial charge in [0.2, 0.25) is 5.95 Å². The molecule has 1 N–H and O–H groups in total. The van der Waals surface area contributed by atoms with E-state index in [-0.39, 0.29) is 11.9 Å². The molecule has 4 rings (SSSR count). The third-order valence-electron chi connectivity index (χ3n) is 4.02. The molecular formula is C18H15FN4O. The molecule has 0 saturated carbocycles. The summed E-state index contributed by atoms with van der Waals surface area (Å²) in [5.74, 6) is 1.19. The first kappa shape index (κ1) is 14.4. The van der Waals surface area contributed by atoms with Gasteiger partial charge < -0.3 is 10.1 Å². The second-order valence-corrected chi connectivity index (χ2v) is 5.46.